The minimum Gasteiger partial charge on any atom is -0.455 e. The molecule has 32 rings (SSSR count). The van der Waals surface area contributed by atoms with Gasteiger partial charge in [-0.25, -0.2) is 15.0 Å². The summed E-state index contributed by atoms with van der Waals surface area (Å²) in [5, 5.41) is 30.7. The molecular formula is C141H86N6O3. The summed E-state index contributed by atoms with van der Waals surface area (Å²) in [7, 11) is 2.09. The molecule has 0 unspecified atom stereocenters. The van der Waals surface area contributed by atoms with Crippen molar-refractivity contribution in [3.8, 4) is 106 Å². The van der Waals surface area contributed by atoms with Crippen molar-refractivity contribution < 1.29 is 13.3 Å². The lowest BCUT2D eigenvalue weighted by atomic mass is 9.85. The predicted octanol–water partition coefficient (Wildman–Crippen LogP) is 38.5. The number of imidazole rings is 2. The van der Waals surface area contributed by atoms with Gasteiger partial charge in [0.2, 0.25) is 0 Å². The second-order valence-corrected chi connectivity index (χ2v) is 39.2. The molecular weight excluding hydrogens is 1830 g/mol. The van der Waals surface area contributed by atoms with Crippen LogP contribution in [0.4, 0.5) is 0 Å². The molecule has 7 aromatic heterocycles. The van der Waals surface area contributed by atoms with Crippen molar-refractivity contribution in [2.45, 2.75) is 0 Å². The maximum Gasteiger partial charge on any atom is 0.145 e. The molecule has 0 atom stereocenters. The minimum atomic E-state index is 0.903. The molecule has 0 spiro atoms. The van der Waals surface area contributed by atoms with Crippen LogP contribution in [0.25, 0.3) is 313 Å². The zero-order valence-electron chi connectivity index (χ0n) is 81.3. The van der Waals surface area contributed by atoms with Gasteiger partial charge in [-0.2, -0.15) is 0 Å². The van der Waals surface area contributed by atoms with Gasteiger partial charge in [-0.15, -0.1) is 0 Å². The lowest BCUT2D eigenvalue weighted by molar-refractivity contribution is 0.672. The minimum absolute atomic E-state index is 0.903. The Labute approximate surface area is 860 Å². The highest BCUT2D eigenvalue weighted by Gasteiger charge is 2.27. The summed E-state index contributed by atoms with van der Waals surface area (Å²) < 4.78 is 23.9. The Balaban J connectivity index is 0.000000104. The van der Waals surface area contributed by atoms with E-state index in [0.717, 1.165) is 166 Å². The molecule has 0 aliphatic rings. The Morgan fingerprint density at radius 3 is 0.887 bits per heavy atom. The van der Waals surface area contributed by atoms with Crippen LogP contribution in [0.5, 0.6) is 0 Å². The van der Waals surface area contributed by atoms with Gasteiger partial charge in [0.15, 0.2) is 0 Å². The van der Waals surface area contributed by atoms with Crippen LogP contribution in [0.3, 0.4) is 0 Å². The first-order chi connectivity index (χ1) is 74.3. The molecule has 0 amide bonds. The van der Waals surface area contributed by atoms with E-state index in [1.54, 1.807) is 0 Å². The Hall–Kier alpha value is -20.0. The summed E-state index contributed by atoms with van der Waals surface area (Å²) in [5.41, 5.74) is 31.4. The normalized spacial score (nSPS) is 11.9. The van der Waals surface area contributed by atoms with Crippen LogP contribution in [0, 0.1) is 0 Å². The molecule has 0 saturated heterocycles. The number of nitrogens with zero attached hydrogens (tertiary/aromatic N) is 6. The van der Waals surface area contributed by atoms with Gasteiger partial charge in [-0.3, -0.25) is 9.55 Å². The second kappa shape index (κ2) is 34.6. The van der Waals surface area contributed by atoms with Crippen molar-refractivity contribution in [3.05, 3.63) is 504 Å². The van der Waals surface area contributed by atoms with Crippen LogP contribution in [-0.2, 0) is 7.05 Å². The van der Waals surface area contributed by atoms with Gasteiger partial charge in [-0.1, -0.05) is 394 Å². The number of hydrogen-bond acceptors (Lipinski definition) is 7. The molecule has 0 radical (unpaired) electrons. The number of para-hydroxylation sites is 4. The largest absolute Gasteiger partial charge is 0.455 e. The summed E-state index contributed by atoms with van der Waals surface area (Å²) in [6.07, 6.45) is 1.84. The zero-order valence-corrected chi connectivity index (χ0v) is 81.3. The van der Waals surface area contributed by atoms with E-state index in [1.165, 1.54) is 148 Å². The third kappa shape index (κ3) is 13.9. The van der Waals surface area contributed by atoms with Crippen molar-refractivity contribution in [3.63, 3.8) is 0 Å². The molecule has 25 aromatic carbocycles. The summed E-state index contributed by atoms with van der Waals surface area (Å²) in [5.74, 6) is 1.91. The van der Waals surface area contributed by atoms with Crippen LogP contribution in [0.15, 0.2) is 517 Å². The van der Waals surface area contributed by atoms with Crippen LogP contribution >= 0.6 is 0 Å². The molecule has 150 heavy (non-hydrogen) atoms. The number of furan rings is 3. The summed E-state index contributed by atoms with van der Waals surface area (Å²) in [4.78, 5) is 19.8. The van der Waals surface area contributed by atoms with Crippen molar-refractivity contribution >= 4 is 207 Å². The average molecular weight is 1910 g/mol. The Morgan fingerprint density at radius 2 is 0.480 bits per heavy atom. The van der Waals surface area contributed by atoms with Crippen LogP contribution < -0.4 is 0 Å². The van der Waals surface area contributed by atoms with Crippen LogP contribution in [0.1, 0.15) is 0 Å². The summed E-state index contributed by atoms with van der Waals surface area (Å²) >= 11 is 0. The number of pyridine rings is 2. The third-order valence-electron chi connectivity index (χ3n) is 30.9. The fourth-order valence-corrected chi connectivity index (χ4v) is 24.0. The molecule has 0 bridgehead atoms. The van der Waals surface area contributed by atoms with E-state index in [4.69, 9.17) is 28.2 Å². The van der Waals surface area contributed by atoms with Gasteiger partial charge >= 0.3 is 0 Å². The number of hydrogen-bond donors (Lipinski definition) is 0. The van der Waals surface area contributed by atoms with E-state index >= 15 is 0 Å². The third-order valence-corrected chi connectivity index (χ3v) is 30.9. The number of rotatable bonds is 10. The molecule has 698 valence electrons. The quantitative estimate of drug-likeness (QED) is 0.0993. The molecule has 9 nitrogen and oxygen atoms in total. The Bertz CT molecular complexity index is 11000. The predicted molar refractivity (Wildman–Crippen MR) is 627 cm³/mol. The second-order valence-electron chi connectivity index (χ2n) is 39.2. The van der Waals surface area contributed by atoms with E-state index in [1.807, 2.05) is 24.4 Å². The van der Waals surface area contributed by atoms with E-state index in [-0.39, 0.29) is 0 Å². The zero-order chi connectivity index (χ0) is 98.7. The molecule has 0 saturated carbocycles. The fraction of sp³-hybridized carbons (Fsp3) is 0.00709. The van der Waals surface area contributed by atoms with Crippen molar-refractivity contribution in [1.82, 2.24) is 29.1 Å². The van der Waals surface area contributed by atoms with Crippen LogP contribution in [-0.4, -0.2) is 29.1 Å². The van der Waals surface area contributed by atoms with Crippen molar-refractivity contribution in [1.29, 1.82) is 0 Å². The molecule has 32 aromatic rings. The van der Waals surface area contributed by atoms with E-state index in [2.05, 4.69) is 500 Å². The number of aromatic nitrogens is 6. The number of fused-ring (bicyclic) bond motifs is 26. The molecule has 9 heteroatoms. The van der Waals surface area contributed by atoms with Gasteiger partial charge in [0.25, 0.3) is 0 Å². The van der Waals surface area contributed by atoms with E-state index in [9.17, 15) is 0 Å². The summed E-state index contributed by atoms with van der Waals surface area (Å²) in [6, 6.07) is 178. The highest BCUT2D eigenvalue weighted by molar-refractivity contribution is 6.28. The van der Waals surface area contributed by atoms with Gasteiger partial charge in [-0.05, 0) is 251 Å². The first kappa shape index (κ1) is 85.6. The highest BCUT2D eigenvalue weighted by Crippen LogP contribution is 2.52. The smallest absolute Gasteiger partial charge is 0.145 e. The fourth-order valence-electron chi connectivity index (χ4n) is 24.0. The van der Waals surface area contributed by atoms with E-state index < -0.39 is 0 Å². The first-order valence-electron chi connectivity index (χ1n) is 51.1. The maximum absolute atomic E-state index is 6.50. The molecule has 7 heterocycles. The van der Waals surface area contributed by atoms with Gasteiger partial charge in [0, 0.05) is 94.9 Å². The molecule has 0 N–H and O–H groups in total. The standard InChI is InChI=1S/C49H30N2O.C48H28N2O.C44H28N2O/c1-2-13-33(14-3-1)49-50-43-20-10-11-21-44(43)51(49)35-26-22-32(23-27-35)46-37-16-6-8-18-39(37)47(40-19-9-7-17-38(40)46)34-25-29-45-42(30-34)41-28-24-31-12-4-5-15-36(31)48(41)52-45;1-2-10-35-29(8-1)21-24-40-41-28-34(23-26-43(41)51-48(35)40)45-38-13-5-3-11-36(38)44(37-12-4-6-14-39(37)45)31-17-15-30(16-18-31)42-25-22-33-20-19-32-9-7-27-49-46(32)47(33)50-42;1-46-39-17-9-8-16-38(39)45-44(46)29-20-18-28(19-21-29)41-32-12-4-6-14-34(32)42(35-15-7-5-13-33(35)41)30-23-25-40-37(26-30)36-24-22-27-10-2-3-11-31(27)43(36)47-40/h1-30H;1-28H;2-26H,1H3. The average Bonchev–Trinajstić information content (AvgIpc) is 1.38. The molecule has 0 aliphatic heterocycles. The Morgan fingerprint density at radius 1 is 0.187 bits per heavy atom. The van der Waals surface area contributed by atoms with E-state index in [0.29, 0.717) is 0 Å². The molecule has 0 aliphatic carbocycles. The van der Waals surface area contributed by atoms with Crippen molar-refractivity contribution in [2.75, 3.05) is 0 Å². The topological polar surface area (TPSA) is 101 Å². The summed E-state index contributed by atoms with van der Waals surface area (Å²) in [6.45, 7) is 0. The van der Waals surface area contributed by atoms with Gasteiger partial charge in [0.05, 0.1) is 38.8 Å². The number of aryl methyl sites for hydroxylation is 1. The lowest BCUT2D eigenvalue weighted by Gasteiger charge is -2.18. The van der Waals surface area contributed by atoms with Gasteiger partial charge in [0.1, 0.15) is 45.1 Å². The van der Waals surface area contributed by atoms with Crippen molar-refractivity contribution in [2.24, 2.45) is 7.05 Å². The Kier molecular flexibility index (Phi) is 19.8. The SMILES string of the molecule is Cn1c(-c2ccc(-c3c4ccccc4c(-c4ccc5oc6c7ccccc7ccc6c5c4)c4ccccc34)cc2)nc2ccccc21.c1ccc(-c2nc3ccccc3n2-c2ccc(-c3c4ccccc4c(-c4ccc5oc6c7ccccc7ccc6c5c4)c4ccccc34)cc2)cc1.c1ccc2c(c1)ccc1c3cc(-c4c5ccccc5c(-c5ccc(-c6ccc7ccc8cccnc8c7n6)cc5)c5ccccc45)ccc3oc21. The number of benzene rings is 25. The lowest BCUT2D eigenvalue weighted by Crippen LogP contribution is -1.97. The first-order valence-corrected chi connectivity index (χ1v) is 51.1. The monoisotopic (exact) mass is 1910 g/mol. The van der Waals surface area contributed by atoms with Gasteiger partial charge < -0.3 is 17.8 Å². The van der Waals surface area contributed by atoms with Crippen LogP contribution in [0.2, 0.25) is 0 Å². The highest BCUT2D eigenvalue weighted by atomic mass is 16.3. The molecule has 0 fully saturated rings. The maximum atomic E-state index is 6.50.